The van der Waals surface area contributed by atoms with Crippen molar-refractivity contribution in [2.45, 2.75) is 37.1 Å². The molecule has 0 radical (unpaired) electrons. The standard InChI is InChI=1S/C28H28FN5O/c29-24-4-2-1-3-22(24)20-16-30-27(31-17-20)34-18-28(9-10-28)23-8-5-19(15-25(23)34)26(35)33-13-11-32(12-14-33)21-6-7-21/h1-5,8,15-17,21H,6-7,9-14,18H2. The van der Waals surface area contributed by atoms with Crippen LogP contribution >= 0.6 is 0 Å². The van der Waals surface area contributed by atoms with Gasteiger partial charge in [0.2, 0.25) is 5.95 Å². The lowest BCUT2D eigenvalue weighted by Gasteiger charge is -2.35. The van der Waals surface area contributed by atoms with Crippen molar-refractivity contribution in [1.29, 1.82) is 0 Å². The second-order valence-electron chi connectivity index (χ2n) is 10.4. The molecule has 0 N–H and O–H groups in total. The minimum atomic E-state index is -0.284. The molecule has 3 heterocycles. The van der Waals surface area contributed by atoms with Crippen LogP contribution < -0.4 is 4.90 Å². The number of fused-ring (bicyclic) bond motifs is 2. The third kappa shape index (κ3) is 3.60. The van der Waals surface area contributed by atoms with Crippen LogP contribution in [0.4, 0.5) is 16.0 Å². The molecule has 1 saturated heterocycles. The molecule has 1 aromatic heterocycles. The molecule has 2 saturated carbocycles. The molecule has 7 rings (SSSR count). The van der Waals surface area contributed by atoms with Crippen LogP contribution in [-0.2, 0) is 5.41 Å². The van der Waals surface area contributed by atoms with E-state index in [0.29, 0.717) is 17.1 Å². The van der Waals surface area contributed by atoms with Crippen molar-refractivity contribution in [2.75, 3.05) is 37.6 Å². The number of nitrogens with zero attached hydrogens (tertiary/aromatic N) is 5. The van der Waals surface area contributed by atoms with Crippen molar-refractivity contribution in [1.82, 2.24) is 19.8 Å². The van der Waals surface area contributed by atoms with E-state index in [-0.39, 0.29) is 17.1 Å². The fraction of sp³-hybridized carbons (Fsp3) is 0.393. The van der Waals surface area contributed by atoms with Crippen LogP contribution in [0.25, 0.3) is 11.1 Å². The molecule has 3 aromatic rings. The summed E-state index contributed by atoms with van der Waals surface area (Å²) in [4.78, 5) is 29.2. The van der Waals surface area contributed by atoms with E-state index in [9.17, 15) is 9.18 Å². The Morgan fingerprint density at radius 3 is 2.40 bits per heavy atom. The molecule has 35 heavy (non-hydrogen) atoms. The highest BCUT2D eigenvalue weighted by molar-refractivity contribution is 5.96. The normalized spacial score (nSPS) is 20.8. The zero-order chi connectivity index (χ0) is 23.6. The molecular formula is C28H28FN5O. The Morgan fingerprint density at radius 1 is 0.971 bits per heavy atom. The molecule has 0 bridgehead atoms. The van der Waals surface area contributed by atoms with Gasteiger partial charge in [-0.05, 0) is 49.4 Å². The first kappa shape index (κ1) is 21.0. The van der Waals surface area contributed by atoms with Gasteiger partial charge in [-0.2, -0.15) is 0 Å². The molecule has 2 aromatic carbocycles. The zero-order valence-electron chi connectivity index (χ0n) is 19.7. The van der Waals surface area contributed by atoms with E-state index in [4.69, 9.17) is 0 Å². The minimum absolute atomic E-state index is 0.107. The Morgan fingerprint density at radius 2 is 1.71 bits per heavy atom. The fourth-order valence-electron chi connectivity index (χ4n) is 5.77. The van der Waals surface area contributed by atoms with E-state index < -0.39 is 0 Å². The van der Waals surface area contributed by atoms with Crippen LogP contribution in [0.2, 0.25) is 0 Å². The molecule has 1 spiro atoms. The number of benzene rings is 2. The monoisotopic (exact) mass is 469 g/mol. The third-order valence-electron chi connectivity index (χ3n) is 8.15. The van der Waals surface area contributed by atoms with Crippen molar-refractivity contribution in [3.8, 4) is 11.1 Å². The summed E-state index contributed by atoms with van der Waals surface area (Å²) in [6.45, 7) is 4.35. The molecular weight excluding hydrogens is 441 g/mol. The van der Waals surface area contributed by atoms with Crippen LogP contribution in [0, 0.1) is 5.82 Å². The zero-order valence-corrected chi connectivity index (χ0v) is 19.7. The molecule has 1 amide bonds. The summed E-state index contributed by atoms with van der Waals surface area (Å²) in [5.41, 5.74) is 4.34. The Bertz CT molecular complexity index is 1290. The quantitative estimate of drug-likeness (QED) is 0.568. The van der Waals surface area contributed by atoms with Crippen LogP contribution in [-0.4, -0.2) is 64.4 Å². The van der Waals surface area contributed by atoms with Gasteiger partial charge in [-0.25, -0.2) is 14.4 Å². The molecule has 7 heteroatoms. The Balaban J connectivity index is 1.16. The molecule has 4 aliphatic rings. The number of rotatable bonds is 4. The molecule has 3 fully saturated rings. The summed E-state index contributed by atoms with van der Waals surface area (Å²) in [5.74, 6) is 0.418. The molecule has 178 valence electrons. The summed E-state index contributed by atoms with van der Waals surface area (Å²) in [5, 5.41) is 0. The minimum Gasteiger partial charge on any atom is -0.336 e. The van der Waals surface area contributed by atoms with Gasteiger partial charge in [0, 0.05) is 79.0 Å². The number of hydrogen-bond acceptors (Lipinski definition) is 5. The molecule has 6 nitrogen and oxygen atoms in total. The summed E-state index contributed by atoms with van der Waals surface area (Å²) in [6.07, 6.45) is 8.26. The average molecular weight is 470 g/mol. The van der Waals surface area contributed by atoms with Crippen LogP contribution in [0.5, 0.6) is 0 Å². The second-order valence-corrected chi connectivity index (χ2v) is 10.4. The summed E-state index contributed by atoms with van der Waals surface area (Å²) >= 11 is 0. The summed E-state index contributed by atoms with van der Waals surface area (Å²) < 4.78 is 14.2. The molecule has 2 aliphatic heterocycles. The van der Waals surface area contributed by atoms with E-state index in [1.807, 2.05) is 23.1 Å². The lowest BCUT2D eigenvalue weighted by atomic mass is 9.97. The van der Waals surface area contributed by atoms with Gasteiger partial charge in [-0.15, -0.1) is 0 Å². The van der Waals surface area contributed by atoms with Gasteiger partial charge in [0.25, 0.3) is 5.91 Å². The lowest BCUT2D eigenvalue weighted by Crippen LogP contribution is -2.49. The predicted molar refractivity (Wildman–Crippen MR) is 132 cm³/mol. The third-order valence-corrected chi connectivity index (χ3v) is 8.15. The smallest absolute Gasteiger partial charge is 0.254 e. The Labute approximate surface area is 204 Å². The number of anilines is 2. The highest BCUT2D eigenvalue weighted by atomic mass is 19.1. The number of amides is 1. The fourth-order valence-corrected chi connectivity index (χ4v) is 5.77. The van der Waals surface area contributed by atoms with E-state index >= 15 is 0 Å². The van der Waals surface area contributed by atoms with Gasteiger partial charge in [0.05, 0.1) is 0 Å². The highest BCUT2D eigenvalue weighted by Crippen LogP contribution is 2.57. The van der Waals surface area contributed by atoms with Gasteiger partial charge in [0.15, 0.2) is 0 Å². The van der Waals surface area contributed by atoms with Crippen LogP contribution in [0.1, 0.15) is 41.6 Å². The van der Waals surface area contributed by atoms with E-state index in [1.165, 1.54) is 24.5 Å². The summed E-state index contributed by atoms with van der Waals surface area (Å²) in [6, 6.07) is 13.6. The SMILES string of the molecule is O=C(c1ccc2c(c1)N(c1ncc(-c3ccccc3F)cn1)CC21CC1)N1CCN(C2CC2)CC1. The topological polar surface area (TPSA) is 52.6 Å². The maximum Gasteiger partial charge on any atom is 0.254 e. The van der Waals surface area contributed by atoms with E-state index in [2.05, 4.69) is 25.8 Å². The largest absolute Gasteiger partial charge is 0.336 e. The maximum absolute atomic E-state index is 14.2. The number of hydrogen-bond donors (Lipinski definition) is 0. The number of halogens is 1. The van der Waals surface area contributed by atoms with Gasteiger partial charge in [-0.3, -0.25) is 9.69 Å². The molecule has 0 unspecified atom stereocenters. The first-order valence-electron chi connectivity index (χ1n) is 12.6. The molecule has 2 aliphatic carbocycles. The van der Waals surface area contributed by atoms with Gasteiger partial charge in [-0.1, -0.05) is 24.3 Å². The van der Waals surface area contributed by atoms with Crippen LogP contribution in [0.3, 0.4) is 0 Å². The van der Waals surface area contributed by atoms with Crippen LogP contribution in [0.15, 0.2) is 54.9 Å². The van der Waals surface area contributed by atoms with Crippen molar-refractivity contribution in [2.24, 2.45) is 0 Å². The maximum atomic E-state index is 14.2. The Kier molecular flexibility index (Phi) is 4.71. The number of aromatic nitrogens is 2. The van der Waals surface area contributed by atoms with Crippen molar-refractivity contribution < 1.29 is 9.18 Å². The molecule has 0 atom stereocenters. The van der Waals surface area contributed by atoms with Gasteiger partial charge in [0.1, 0.15) is 5.82 Å². The first-order valence-corrected chi connectivity index (χ1v) is 12.6. The van der Waals surface area contributed by atoms with Gasteiger partial charge < -0.3 is 9.80 Å². The second kappa shape index (κ2) is 7.85. The van der Waals surface area contributed by atoms with Crippen molar-refractivity contribution >= 4 is 17.5 Å². The predicted octanol–water partition coefficient (Wildman–Crippen LogP) is 4.39. The average Bonchev–Trinajstić information content (AvgIpc) is 3.83. The van der Waals surface area contributed by atoms with Crippen molar-refractivity contribution in [3.63, 3.8) is 0 Å². The van der Waals surface area contributed by atoms with E-state index in [0.717, 1.165) is 62.9 Å². The van der Waals surface area contributed by atoms with Crippen molar-refractivity contribution in [3.05, 3.63) is 71.8 Å². The van der Waals surface area contributed by atoms with E-state index in [1.54, 1.807) is 24.5 Å². The lowest BCUT2D eigenvalue weighted by molar-refractivity contribution is 0.0627. The number of carbonyl (C=O) groups is 1. The Hall–Kier alpha value is -3.32. The first-order chi connectivity index (χ1) is 17.1. The highest BCUT2D eigenvalue weighted by Gasteiger charge is 2.52. The number of piperazine rings is 1. The number of carbonyl (C=O) groups excluding carboxylic acids is 1. The van der Waals surface area contributed by atoms with Gasteiger partial charge >= 0.3 is 0 Å². The summed E-state index contributed by atoms with van der Waals surface area (Å²) in [7, 11) is 0.